The van der Waals surface area contributed by atoms with Crippen molar-refractivity contribution in [2.45, 2.75) is 33.3 Å². The zero-order valence-electron chi connectivity index (χ0n) is 14.5. The summed E-state index contributed by atoms with van der Waals surface area (Å²) in [4.78, 5) is 22.5. The zero-order chi connectivity index (χ0) is 16.4. The van der Waals surface area contributed by atoms with Crippen LogP contribution >= 0.6 is 12.4 Å². The van der Waals surface area contributed by atoms with E-state index in [4.69, 9.17) is 8.85 Å². The third-order valence-electron chi connectivity index (χ3n) is 1.94. The quantitative estimate of drug-likeness (QED) is 0.535. The third-order valence-corrected chi connectivity index (χ3v) is 1.94. The average molecular weight is 285 g/mol. The van der Waals surface area contributed by atoms with Crippen molar-refractivity contribution >= 4 is 24.3 Å². The molecule has 6 heteroatoms. The minimum absolute atomic E-state index is 0. The van der Waals surface area contributed by atoms with E-state index in [0.29, 0.717) is 0 Å². The zero-order valence-corrected chi connectivity index (χ0v) is 12.3. The molecule has 0 bridgehead atoms. The van der Waals surface area contributed by atoms with Gasteiger partial charge in [-0.15, -0.1) is 12.4 Å². The van der Waals surface area contributed by atoms with Gasteiger partial charge in [0.2, 0.25) is 0 Å². The summed E-state index contributed by atoms with van der Waals surface area (Å²) in [5.74, 6) is -1.96. The maximum absolute atomic E-state index is 11.8. The van der Waals surface area contributed by atoms with Crippen molar-refractivity contribution < 1.29 is 28.0 Å². The lowest BCUT2D eigenvalue weighted by Crippen LogP contribution is -2.46. The number of carboxylic acids is 1. The molecule has 1 atom stereocenters. The van der Waals surface area contributed by atoms with E-state index < -0.39 is 41.3 Å². The largest absolute Gasteiger partial charge is 0.550 e. The van der Waals surface area contributed by atoms with Gasteiger partial charge in [-0.3, -0.25) is 4.79 Å². The maximum Gasteiger partial charge on any atom is 0.311 e. The summed E-state index contributed by atoms with van der Waals surface area (Å²) in [5.41, 5.74) is -0.790. The first kappa shape index (κ1) is 13.6. The summed E-state index contributed by atoms with van der Waals surface area (Å²) in [7, 11) is 2.86. The molecule has 0 spiro atoms. The normalized spacial score (nSPS) is 16.6. The van der Waals surface area contributed by atoms with Crippen LogP contribution in [-0.4, -0.2) is 50.1 Å². The van der Waals surface area contributed by atoms with Crippen molar-refractivity contribution in [2.75, 3.05) is 27.6 Å². The fourth-order valence-electron chi connectivity index (χ4n) is 1.17. The van der Waals surface area contributed by atoms with E-state index in [9.17, 15) is 14.7 Å². The average Bonchev–Trinajstić information content (AvgIpc) is 2.11. The number of quaternary nitrogens is 1. The van der Waals surface area contributed by atoms with E-state index in [-0.39, 0.29) is 19.0 Å². The first-order chi connectivity index (χ1) is 8.67. The third kappa shape index (κ3) is 9.24. The molecule has 0 rings (SSSR count). The summed E-state index contributed by atoms with van der Waals surface area (Å²) in [5, 5.41) is 10.7. The summed E-state index contributed by atoms with van der Waals surface area (Å²) in [6, 6.07) is 0. The Morgan fingerprint density at radius 3 is 2.22 bits per heavy atom. The van der Waals surface area contributed by atoms with Gasteiger partial charge in [0.15, 0.2) is 6.10 Å². The van der Waals surface area contributed by atoms with Crippen molar-refractivity contribution in [3.63, 3.8) is 0 Å². The summed E-state index contributed by atoms with van der Waals surface area (Å²) in [6.07, 6.45) is -1.57. The van der Waals surface area contributed by atoms with E-state index in [1.54, 1.807) is 20.8 Å². The number of ether oxygens (including phenoxy) is 1. The van der Waals surface area contributed by atoms with Gasteiger partial charge in [-0.05, 0) is 20.8 Å². The van der Waals surface area contributed by atoms with Crippen molar-refractivity contribution in [2.24, 2.45) is 5.41 Å². The van der Waals surface area contributed by atoms with E-state index in [1.807, 2.05) is 0 Å². The van der Waals surface area contributed by atoms with E-state index in [0.717, 1.165) is 0 Å². The van der Waals surface area contributed by atoms with Gasteiger partial charge >= 0.3 is 5.97 Å². The van der Waals surface area contributed by atoms with Crippen molar-refractivity contribution in [3.8, 4) is 0 Å². The minimum Gasteiger partial charge on any atom is -0.550 e. The molecule has 0 heterocycles. The molecule has 0 amide bonds. The van der Waals surface area contributed by atoms with Crippen LogP contribution in [0.3, 0.4) is 0 Å². The van der Waals surface area contributed by atoms with Gasteiger partial charge < -0.3 is 19.1 Å². The molecule has 0 aromatic carbocycles. The highest BCUT2D eigenvalue weighted by Gasteiger charge is 2.29. The predicted molar refractivity (Wildman–Crippen MR) is 69.1 cm³/mol. The Hall–Kier alpha value is -0.810. The molecule has 0 aliphatic carbocycles. The van der Waals surface area contributed by atoms with E-state index >= 15 is 0 Å². The molecule has 0 saturated heterocycles. The van der Waals surface area contributed by atoms with Crippen molar-refractivity contribution in [1.29, 1.82) is 0 Å². The molecule has 0 aliphatic rings. The summed E-state index contributed by atoms with van der Waals surface area (Å²) in [6.45, 7) is 2.43. The number of rotatable bonds is 5. The standard InChI is InChI=1S/C12H23NO4.ClH/c1-12(2,3)11(16)17-9(7-10(14)15)8-13(4,5)6;/h9H,7-8H2,1-6H3;1H/t9-;/m1./s1/i4D3;. The fourth-order valence-corrected chi connectivity index (χ4v) is 1.17. The lowest BCUT2D eigenvalue weighted by molar-refractivity contribution is -0.873. The second kappa shape index (κ2) is 6.95. The second-order valence-corrected chi connectivity index (χ2v) is 5.72. The van der Waals surface area contributed by atoms with Crippen LogP contribution in [0.15, 0.2) is 0 Å². The van der Waals surface area contributed by atoms with Crippen LogP contribution in [0.4, 0.5) is 0 Å². The molecule has 0 aromatic heterocycles. The Morgan fingerprint density at radius 2 is 1.89 bits per heavy atom. The summed E-state index contributed by atoms with van der Waals surface area (Å²) < 4.78 is 26.9. The highest BCUT2D eigenvalue weighted by atomic mass is 35.5. The number of likely N-dealkylation sites (N-methyl/N-ethyl adjacent to an activating group) is 1. The second-order valence-electron chi connectivity index (χ2n) is 5.72. The van der Waals surface area contributed by atoms with Gasteiger partial charge in [-0.1, -0.05) is 0 Å². The van der Waals surface area contributed by atoms with Crippen molar-refractivity contribution in [1.82, 2.24) is 0 Å². The highest BCUT2D eigenvalue weighted by molar-refractivity contribution is 5.85. The van der Waals surface area contributed by atoms with Crippen LogP contribution in [0, 0.1) is 5.41 Å². The van der Waals surface area contributed by atoms with Gasteiger partial charge in [0.1, 0.15) is 6.54 Å². The number of esters is 1. The number of nitrogens with zero attached hydrogens (tertiary/aromatic N) is 1. The van der Waals surface area contributed by atoms with Crippen LogP contribution in [0.2, 0.25) is 0 Å². The Kier molecular flexibility index (Phi) is 5.26. The predicted octanol–water partition coefficient (Wildman–Crippen LogP) is 0.212. The van der Waals surface area contributed by atoms with E-state index in [1.165, 1.54) is 14.1 Å². The molecule has 5 nitrogen and oxygen atoms in total. The molecule has 18 heavy (non-hydrogen) atoms. The molecule has 0 fully saturated rings. The topological polar surface area (TPSA) is 66.4 Å². The molecule has 0 N–H and O–H groups in total. The SMILES string of the molecule is Cl.[2H]C([2H])([2H])[N+](C)(C)C[C@@H](CC(=O)[O-])OC(=O)C(C)(C)C. The molecule has 0 radical (unpaired) electrons. The Bertz CT molecular complexity index is 378. The van der Waals surface area contributed by atoms with Crippen LogP contribution in [-0.2, 0) is 14.3 Å². The monoisotopic (exact) mass is 284 g/mol. The number of hydrogen-bond donors (Lipinski definition) is 0. The number of carboxylic acid groups (broad SMARTS) is 1. The lowest BCUT2D eigenvalue weighted by atomic mass is 9.97. The first-order valence-corrected chi connectivity index (χ1v) is 5.41. The highest BCUT2D eigenvalue weighted by Crippen LogP contribution is 2.18. The lowest BCUT2D eigenvalue weighted by Gasteiger charge is -2.30. The molecular formula is C12H24ClNO4. The van der Waals surface area contributed by atoms with Gasteiger partial charge in [0.05, 0.1) is 30.6 Å². The number of halogens is 1. The molecule has 0 aromatic rings. The van der Waals surface area contributed by atoms with Crippen LogP contribution in [0.5, 0.6) is 0 Å². The Balaban J connectivity index is 0. The van der Waals surface area contributed by atoms with E-state index in [2.05, 4.69) is 0 Å². The van der Waals surface area contributed by atoms with Crippen molar-refractivity contribution in [3.05, 3.63) is 0 Å². The first-order valence-electron chi connectivity index (χ1n) is 6.91. The van der Waals surface area contributed by atoms with Gasteiger partial charge in [0.25, 0.3) is 0 Å². The number of hydrogen-bond acceptors (Lipinski definition) is 4. The molecule has 0 saturated carbocycles. The molecule has 108 valence electrons. The smallest absolute Gasteiger partial charge is 0.311 e. The number of aliphatic carboxylic acids is 1. The molecule has 0 aliphatic heterocycles. The maximum atomic E-state index is 11.8. The number of carbonyl (C=O) groups excluding carboxylic acids is 2. The fraction of sp³-hybridized carbons (Fsp3) is 0.833. The van der Waals surface area contributed by atoms with Gasteiger partial charge in [-0.2, -0.15) is 0 Å². The van der Waals surface area contributed by atoms with Crippen LogP contribution in [0.25, 0.3) is 0 Å². The Morgan fingerprint density at radius 1 is 1.39 bits per heavy atom. The van der Waals surface area contributed by atoms with Crippen LogP contribution < -0.4 is 5.11 Å². The molecule has 0 unspecified atom stereocenters. The van der Waals surface area contributed by atoms with Crippen LogP contribution in [0.1, 0.15) is 31.3 Å². The summed E-state index contributed by atoms with van der Waals surface area (Å²) >= 11 is 0. The minimum atomic E-state index is -2.33. The van der Waals surface area contributed by atoms with Gasteiger partial charge in [0, 0.05) is 12.4 Å². The van der Waals surface area contributed by atoms with Gasteiger partial charge in [-0.25, -0.2) is 0 Å². The molecular weight excluding hydrogens is 258 g/mol. The number of carbonyl (C=O) groups is 2. The Labute approximate surface area is 119 Å².